The molecule has 22 heteroatoms. The number of pyridine rings is 2. The van der Waals surface area contributed by atoms with Crippen molar-refractivity contribution in [3.8, 4) is 11.4 Å². The number of hydrogen-bond donors (Lipinski definition) is 6. The van der Waals surface area contributed by atoms with Crippen molar-refractivity contribution in [3.63, 3.8) is 0 Å². The van der Waals surface area contributed by atoms with Gasteiger partial charge in [-0.2, -0.15) is 8.78 Å². The molecule has 0 fully saturated rings. The van der Waals surface area contributed by atoms with Crippen LogP contribution in [0, 0.1) is 24.6 Å². The number of carbonyl (C=O) groups is 5. The fraction of sp³-hybridized carbons (Fsp3) is 0.444. The van der Waals surface area contributed by atoms with E-state index < -0.39 is 80.3 Å². The summed E-state index contributed by atoms with van der Waals surface area (Å²) in [6.07, 6.45) is -2.69. The zero-order valence-corrected chi connectivity index (χ0v) is 38.2. The van der Waals surface area contributed by atoms with Crippen LogP contribution in [-0.2, 0) is 69.3 Å². The van der Waals surface area contributed by atoms with E-state index in [0.717, 1.165) is 0 Å². The number of rotatable bonds is 17. The predicted molar refractivity (Wildman–Crippen MR) is 236 cm³/mol. The van der Waals surface area contributed by atoms with E-state index in [4.69, 9.17) is 24.5 Å². The number of alkyl halides is 2. The second-order valence-corrected chi connectivity index (χ2v) is 18.6. The number of phosphoric acid groups is 1. The third-order valence-corrected chi connectivity index (χ3v) is 13.8. The number of benzene rings is 2. The maximum atomic E-state index is 15.3. The van der Waals surface area contributed by atoms with Gasteiger partial charge in [-0.1, -0.05) is 39.8 Å². The van der Waals surface area contributed by atoms with Crippen molar-refractivity contribution in [3.05, 3.63) is 91.5 Å². The summed E-state index contributed by atoms with van der Waals surface area (Å²) < 4.78 is 73.9. The molecule has 0 spiro atoms. The number of anilines is 1. The summed E-state index contributed by atoms with van der Waals surface area (Å²) in [4.78, 5) is 93.6. The smallest absolute Gasteiger partial charge is 0.458 e. The maximum Gasteiger partial charge on any atom is 0.473 e. The second kappa shape index (κ2) is 19.2. The number of aromatic nitrogens is 2. The molecule has 1 aliphatic carbocycles. The number of nitrogens with zero attached hydrogens (tertiary/aromatic N) is 2. The summed E-state index contributed by atoms with van der Waals surface area (Å²) in [5.74, 6) is -4.38. The Morgan fingerprint density at radius 2 is 1.78 bits per heavy atom. The SMILES string of the molecule is CC[C@@]1(OP(=O)(O)OCc2ccc(NC(=O)[C@H](CCCNC(N)=O)NC(=O)[C@@H](C)C(C)C)cc2)C(=O)OCc2c1cc1n(c2=O)Cc2c-1nc1cc(F)c(C)c3c1c2[C@@H](NC(=O)C(F)F)CC3. The number of halogens is 3. The van der Waals surface area contributed by atoms with Crippen molar-refractivity contribution in [1.29, 1.82) is 0 Å². The first-order valence-corrected chi connectivity index (χ1v) is 23.2. The third kappa shape index (κ3) is 9.68. The first-order chi connectivity index (χ1) is 31.7. The maximum absolute atomic E-state index is 15.3. The van der Waals surface area contributed by atoms with Crippen molar-refractivity contribution in [2.45, 2.75) is 111 Å². The van der Waals surface area contributed by atoms with Crippen LogP contribution < -0.4 is 32.6 Å². The Bertz CT molecular complexity index is 2790. The molecule has 5 amide bonds. The van der Waals surface area contributed by atoms with Crippen LogP contribution in [0.2, 0.25) is 0 Å². The number of esters is 1. The zero-order chi connectivity index (χ0) is 48.7. The molecule has 0 saturated carbocycles. The van der Waals surface area contributed by atoms with Crippen LogP contribution in [0.3, 0.4) is 0 Å². The largest absolute Gasteiger partial charge is 0.473 e. The van der Waals surface area contributed by atoms with E-state index in [1.165, 1.54) is 47.9 Å². The van der Waals surface area contributed by atoms with E-state index in [-0.39, 0.29) is 84.5 Å². The third-order valence-electron chi connectivity index (χ3n) is 12.8. The standard InChI is InChI=1S/C45H51F3N7O11P/c1-6-45(66-67(62,63)65-19-24-9-11-25(12-10-24)51-40(57)32(8-7-15-50-44(49)61)54-39(56)22(4)21(2)3)29-16-34-37-27(18-55(34)42(59)28(29)20-64-43(45)60)36-31(53-41(58)38(47)48)14-13-26-23(5)30(46)17-33(52-37)35(26)36/h9-12,16-17,21-22,31-32,38H,6-8,13-15,18-20H2,1-5H3,(H,51,57)(H,53,58)(H,54,56)(H,62,63)(H3,49,50,61)/t22-,31-,32-,45-/m0/s1. The van der Waals surface area contributed by atoms with Gasteiger partial charge in [0.15, 0.2) is 0 Å². The quantitative estimate of drug-likeness (QED) is 0.0389. The van der Waals surface area contributed by atoms with Gasteiger partial charge in [0.05, 0.1) is 41.7 Å². The summed E-state index contributed by atoms with van der Waals surface area (Å²) in [5.41, 5.74) is 4.78. The van der Waals surface area contributed by atoms with Crippen LogP contribution in [0.25, 0.3) is 22.3 Å². The average Bonchev–Trinajstić information content (AvgIpc) is 3.65. The molecule has 5 atom stereocenters. The molecule has 7 rings (SSSR count). The molecule has 2 aromatic heterocycles. The molecule has 0 saturated heterocycles. The molecule has 4 aromatic rings. The molecule has 2 aromatic carbocycles. The average molecular weight is 954 g/mol. The van der Waals surface area contributed by atoms with Gasteiger partial charge in [-0.3, -0.25) is 28.2 Å². The highest BCUT2D eigenvalue weighted by molar-refractivity contribution is 7.47. The van der Waals surface area contributed by atoms with Gasteiger partial charge in [-0.25, -0.2) is 23.5 Å². The number of ether oxygens (including phenoxy) is 1. The highest BCUT2D eigenvalue weighted by Gasteiger charge is 2.53. The van der Waals surface area contributed by atoms with Gasteiger partial charge >= 0.3 is 26.2 Å². The minimum atomic E-state index is -5.19. The Morgan fingerprint density at radius 3 is 2.43 bits per heavy atom. The van der Waals surface area contributed by atoms with Crippen LogP contribution in [0.4, 0.5) is 23.7 Å². The Kier molecular flexibility index (Phi) is 14.0. The first kappa shape index (κ1) is 48.8. The first-order valence-electron chi connectivity index (χ1n) is 21.8. The minimum Gasteiger partial charge on any atom is -0.458 e. The number of hydrogen-bond acceptors (Lipinski definition) is 11. The molecule has 358 valence electrons. The van der Waals surface area contributed by atoms with E-state index in [0.29, 0.717) is 45.3 Å². The Hall–Kier alpha value is -6.15. The lowest BCUT2D eigenvalue weighted by atomic mass is 9.81. The van der Waals surface area contributed by atoms with Crippen molar-refractivity contribution in [2.24, 2.45) is 17.6 Å². The van der Waals surface area contributed by atoms with Crippen molar-refractivity contribution >= 4 is 54.1 Å². The van der Waals surface area contributed by atoms with Gasteiger partial charge in [0, 0.05) is 40.7 Å². The van der Waals surface area contributed by atoms with E-state index in [9.17, 15) is 47.0 Å². The number of nitrogens with two attached hydrogens (primary N) is 1. The molecule has 0 radical (unpaired) electrons. The normalized spacial score (nSPS) is 18.9. The number of carbonyl (C=O) groups excluding carboxylic acids is 5. The van der Waals surface area contributed by atoms with E-state index in [2.05, 4.69) is 21.3 Å². The topological polar surface area (TPSA) is 259 Å². The number of cyclic esters (lactones) is 1. The number of nitrogens with one attached hydrogen (secondary N) is 4. The van der Waals surface area contributed by atoms with Gasteiger partial charge < -0.3 is 41.2 Å². The van der Waals surface area contributed by atoms with Gasteiger partial charge in [-0.15, -0.1) is 0 Å². The van der Waals surface area contributed by atoms with E-state index in [1.54, 1.807) is 13.8 Å². The van der Waals surface area contributed by atoms with E-state index >= 15 is 4.39 Å². The Morgan fingerprint density at radius 1 is 1.06 bits per heavy atom. The molecule has 3 aliphatic rings. The summed E-state index contributed by atoms with van der Waals surface area (Å²) in [6, 6.07) is 5.96. The molecular formula is C45H51F3N7O11P. The number of primary amides is 1. The van der Waals surface area contributed by atoms with Crippen LogP contribution in [-0.4, -0.2) is 63.2 Å². The van der Waals surface area contributed by atoms with Crippen LogP contribution in [0.15, 0.2) is 41.2 Å². The summed E-state index contributed by atoms with van der Waals surface area (Å²) >= 11 is 0. The molecule has 7 N–H and O–H groups in total. The predicted octanol–water partition coefficient (Wildman–Crippen LogP) is 5.40. The molecule has 1 unspecified atom stereocenters. The van der Waals surface area contributed by atoms with Gasteiger partial charge in [0.2, 0.25) is 17.4 Å². The lowest BCUT2D eigenvalue weighted by Crippen LogP contribution is -2.46. The summed E-state index contributed by atoms with van der Waals surface area (Å²) in [5, 5.41) is 10.8. The van der Waals surface area contributed by atoms with Crippen molar-refractivity contribution in [1.82, 2.24) is 25.5 Å². The fourth-order valence-electron chi connectivity index (χ4n) is 8.76. The summed E-state index contributed by atoms with van der Waals surface area (Å²) in [6.45, 7) is 7.57. The Labute approximate surface area is 382 Å². The van der Waals surface area contributed by atoms with Crippen LogP contribution in [0.1, 0.15) is 98.4 Å². The molecule has 4 heterocycles. The van der Waals surface area contributed by atoms with Crippen molar-refractivity contribution < 1.29 is 60.4 Å². The molecular weight excluding hydrogens is 903 g/mol. The molecule has 67 heavy (non-hydrogen) atoms. The monoisotopic (exact) mass is 953 g/mol. The molecule has 0 bridgehead atoms. The van der Waals surface area contributed by atoms with E-state index in [1.807, 2.05) is 13.8 Å². The number of phosphoric ester groups is 1. The number of aryl methyl sites for hydroxylation is 1. The molecule has 2 aliphatic heterocycles. The molecule has 18 nitrogen and oxygen atoms in total. The lowest BCUT2D eigenvalue weighted by molar-refractivity contribution is -0.171. The highest BCUT2D eigenvalue weighted by Crippen LogP contribution is 2.55. The van der Waals surface area contributed by atoms with Gasteiger partial charge in [-0.05, 0) is 85.4 Å². The van der Waals surface area contributed by atoms with Crippen molar-refractivity contribution in [2.75, 3.05) is 11.9 Å². The van der Waals surface area contributed by atoms with Crippen LogP contribution in [0.5, 0.6) is 0 Å². The summed E-state index contributed by atoms with van der Waals surface area (Å²) in [7, 11) is -5.19. The number of amides is 5. The number of urea groups is 1. The Balaban J connectivity index is 1.13. The number of fused-ring (bicyclic) bond motifs is 5. The minimum absolute atomic E-state index is 0.00908. The lowest BCUT2D eigenvalue weighted by Gasteiger charge is -2.36. The van der Waals surface area contributed by atoms with Gasteiger partial charge in [0.25, 0.3) is 11.5 Å². The zero-order valence-electron chi connectivity index (χ0n) is 37.3. The van der Waals surface area contributed by atoms with Crippen LogP contribution >= 0.6 is 7.82 Å². The highest BCUT2D eigenvalue weighted by atomic mass is 31.2. The fourth-order valence-corrected chi connectivity index (χ4v) is 9.82. The van der Waals surface area contributed by atoms with Gasteiger partial charge in [0.1, 0.15) is 18.5 Å². The second-order valence-electron chi connectivity index (χ2n) is 17.2.